The molecule has 8 nitrogen and oxygen atoms in total. The first-order valence-corrected chi connectivity index (χ1v) is 15.7. The van der Waals surface area contributed by atoms with Gasteiger partial charge in [0.15, 0.2) is 0 Å². The van der Waals surface area contributed by atoms with Gasteiger partial charge < -0.3 is 25.2 Å². The Bertz CT molecular complexity index is 1390. The number of ether oxygens (including phenoxy) is 2. The number of aromatic nitrogens is 2. The van der Waals surface area contributed by atoms with Gasteiger partial charge in [-0.2, -0.15) is 0 Å². The fourth-order valence-corrected chi connectivity index (χ4v) is 6.52. The normalized spacial score (nSPS) is 18.8. The lowest BCUT2D eigenvalue weighted by Gasteiger charge is -2.47. The molecule has 232 valence electrons. The molecule has 2 aromatic heterocycles. The number of amides is 1. The second kappa shape index (κ2) is 13.3. The second-order valence-corrected chi connectivity index (χ2v) is 13.2. The van der Waals surface area contributed by atoms with Crippen molar-refractivity contribution in [2.75, 3.05) is 20.3 Å². The summed E-state index contributed by atoms with van der Waals surface area (Å²) in [6, 6.07) is 5.75. The van der Waals surface area contributed by atoms with Crippen LogP contribution in [0.3, 0.4) is 0 Å². The second-order valence-electron chi connectivity index (χ2n) is 12.3. The van der Waals surface area contributed by atoms with Gasteiger partial charge in [-0.05, 0) is 74.9 Å². The topological polar surface area (TPSA) is 106 Å². The molecule has 0 unspecified atom stereocenters. The summed E-state index contributed by atoms with van der Waals surface area (Å²) < 4.78 is 40.5. The molecule has 3 aromatic rings. The van der Waals surface area contributed by atoms with E-state index in [9.17, 15) is 18.7 Å². The maximum absolute atomic E-state index is 14.6. The van der Waals surface area contributed by atoms with Crippen molar-refractivity contribution in [2.45, 2.75) is 88.3 Å². The lowest BCUT2D eigenvalue weighted by Crippen LogP contribution is -2.52. The summed E-state index contributed by atoms with van der Waals surface area (Å²) in [5, 5.41) is 20.4. The number of carbonyl (C=O) groups excluding carboxylic acids is 1. The molecule has 5 rings (SSSR count). The Morgan fingerprint density at radius 1 is 1.26 bits per heavy atom. The number of methoxy groups -OCH3 is 1. The monoisotopic (exact) mass is 614 g/mol. The van der Waals surface area contributed by atoms with Gasteiger partial charge in [0.05, 0.1) is 18.8 Å². The van der Waals surface area contributed by atoms with Crippen LogP contribution >= 0.6 is 11.3 Å². The molecule has 43 heavy (non-hydrogen) atoms. The van der Waals surface area contributed by atoms with Crippen LogP contribution in [0.4, 0.5) is 8.78 Å². The Morgan fingerprint density at radius 3 is 2.74 bits per heavy atom. The highest BCUT2D eigenvalue weighted by atomic mass is 32.1. The number of fused-ring (bicyclic) bond motifs is 1. The number of nitrogens with one attached hydrogen (secondary N) is 2. The van der Waals surface area contributed by atoms with Crippen LogP contribution in [0.2, 0.25) is 0 Å². The summed E-state index contributed by atoms with van der Waals surface area (Å²) in [6.07, 6.45) is 6.53. The van der Waals surface area contributed by atoms with Crippen molar-refractivity contribution < 1.29 is 28.2 Å². The zero-order valence-corrected chi connectivity index (χ0v) is 25.7. The first kappa shape index (κ1) is 31.4. The molecule has 1 spiro atoms. The largest absolute Gasteiger partial charge is 0.471 e. The molecule has 1 amide bonds. The van der Waals surface area contributed by atoms with Crippen molar-refractivity contribution in [3.8, 4) is 16.5 Å². The highest BCUT2D eigenvalue weighted by Gasteiger charge is 2.46. The minimum atomic E-state index is -1.38. The minimum Gasteiger partial charge on any atom is -0.471 e. The van der Waals surface area contributed by atoms with Crippen LogP contribution in [0.15, 0.2) is 42.0 Å². The predicted octanol–water partition coefficient (Wildman–Crippen LogP) is 5.10. The number of alkyl halides is 1. The van der Waals surface area contributed by atoms with Crippen molar-refractivity contribution in [3.63, 3.8) is 0 Å². The Balaban J connectivity index is 1.35. The Labute approximate surface area is 255 Å². The number of pyridine rings is 1. The molecule has 1 aliphatic carbocycles. The molecule has 3 heterocycles. The molecule has 1 aliphatic heterocycles. The van der Waals surface area contributed by atoms with Crippen LogP contribution in [-0.4, -0.2) is 64.7 Å². The maximum atomic E-state index is 14.6. The summed E-state index contributed by atoms with van der Waals surface area (Å²) in [7, 11) is 1.52. The number of nitrogens with zero attached hydrogens (tertiary/aromatic N) is 2. The third-order valence-electron chi connectivity index (χ3n) is 8.10. The summed E-state index contributed by atoms with van der Waals surface area (Å²) in [5.41, 5.74) is 1.21. The van der Waals surface area contributed by atoms with E-state index in [4.69, 9.17) is 9.47 Å². The smallest absolute Gasteiger partial charge is 0.222 e. The van der Waals surface area contributed by atoms with Crippen LogP contribution in [0.5, 0.6) is 5.88 Å². The van der Waals surface area contributed by atoms with Crippen LogP contribution in [-0.2, 0) is 22.4 Å². The van der Waals surface area contributed by atoms with E-state index >= 15 is 0 Å². The summed E-state index contributed by atoms with van der Waals surface area (Å²) in [6.45, 7) is 3.48. The van der Waals surface area contributed by atoms with E-state index < -0.39 is 23.6 Å². The predicted molar refractivity (Wildman–Crippen MR) is 161 cm³/mol. The number of aliphatic hydroxyl groups is 1. The van der Waals surface area contributed by atoms with Crippen LogP contribution in [0.25, 0.3) is 10.6 Å². The fourth-order valence-electron chi connectivity index (χ4n) is 5.89. The molecule has 2 aliphatic rings. The minimum absolute atomic E-state index is 0.135. The lowest BCUT2D eigenvalue weighted by atomic mass is 9.73. The van der Waals surface area contributed by atoms with E-state index in [1.807, 2.05) is 17.5 Å². The molecule has 3 N–H and O–H groups in total. The summed E-state index contributed by atoms with van der Waals surface area (Å²) >= 11 is 1.41. The maximum Gasteiger partial charge on any atom is 0.222 e. The zero-order chi connectivity index (χ0) is 30.6. The average molecular weight is 615 g/mol. The summed E-state index contributed by atoms with van der Waals surface area (Å²) in [4.78, 5) is 21.6. The van der Waals surface area contributed by atoms with Gasteiger partial charge in [-0.1, -0.05) is 0 Å². The first-order valence-electron chi connectivity index (χ1n) is 14.8. The number of aliphatic hydroxyl groups excluding tert-OH is 1. The molecule has 3 atom stereocenters. The number of rotatable bonds is 13. The first-order chi connectivity index (χ1) is 20.5. The number of thiazole rings is 1. The number of halogens is 2. The quantitative estimate of drug-likeness (QED) is 0.246. The van der Waals surface area contributed by atoms with E-state index in [0.29, 0.717) is 28.4 Å². The highest BCUT2D eigenvalue weighted by Crippen LogP contribution is 2.48. The lowest BCUT2D eigenvalue weighted by molar-refractivity contribution is -0.123. The Morgan fingerprint density at radius 2 is 2.07 bits per heavy atom. The summed E-state index contributed by atoms with van der Waals surface area (Å²) in [5.74, 6) is -0.142. The van der Waals surface area contributed by atoms with Crippen molar-refractivity contribution in [2.24, 2.45) is 0 Å². The molecule has 1 fully saturated rings. The third-order valence-corrected chi connectivity index (χ3v) is 8.92. The van der Waals surface area contributed by atoms with Crippen molar-refractivity contribution in [1.29, 1.82) is 0 Å². The van der Waals surface area contributed by atoms with Gasteiger partial charge in [-0.25, -0.2) is 18.7 Å². The molecule has 0 radical (unpaired) electrons. The highest BCUT2D eigenvalue weighted by molar-refractivity contribution is 7.13. The number of benzene rings is 1. The molecule has 1 aromatic carbocycles. The van der Waals surface area contributed by atoms with Crippen molar-refractivity contribution in [3.05, 3.63) is 64.5 Å². The number of hydrogen-bond donors (Lipinski definition) is 3. The van der Waals surface area contributed by atoms with E-state index in [1.54, 1.807) is 12.4 Å². The number of carbonyl (C=O) groups is 1. The van der Waals surface area contributed by atoms with Crippen LogP contribution in [0, 0.1) is 5.82 Å². The van der Waals surface area contributed by atoms with E-state index in [1.165, 1.54) is 44.4 Å². The zero-order valence-electron chi connectivity index (χ0n) is 24.9. The molecular formula is C32H40F2N4O4S. The van der Waals surface area contributed by atoms with Crippen molar-refractivity contribution in [1.82, 2.24) is 20.6 Å². The Kier molecular flexibility index (Phi) is 9.75. The molecule has 11 heteroatoms. The van der Waals surface area contributed by atoms with E-state index in [0.717, 1.165) is 30.4 Å². The van der Waals surface area contributed by atoms with Crippen molar-refractivity contribution >= 4 is 17.2 Å². The molecular weight excluding hydrogens is 574 g/mol. The number of hydrogen-bond acceptors (Lipinski definition) is 8. The molecule has 1 saturated carbocycles. The van der Waals surface area contributed by atoms with Gasteiger partial charge in [-0.3, -0.25) is 4.79 Å². The van der Waals surface area contributed by atoms with E-state index in [2.05, 4.69) is 20.6 Å². The van der Waals surface area contributed by atoms with Gasteiger partial charge in [0.25, 0.3) is 0 Å². The SMILES string of the molecule is COCCC(=O)N[C@@H](Cc1cc(F)cc(-c2nccs2)c1)[C@H](O)CN[C@H]1CC2(CCC2)Oc2ncc(CC(C)(C)F)cc21. The van der Waals surface area contributed by atoms with Gasteiger partial charge in [0, 0.05) is 67.9 Å². The van der Waals surface area contributed by atoms with Gasteiger partial charge >= 0.3 is 0 Å². The van der Waals surface area contributed by atoms with Gasteiger partial charge in [0.2, 0.25) is 11.8 Å². The average Bonchev–Trinajstić information content (AvgIpc) is 3.47. The standard InChI is InChI=1S/C32H40F2N4O4S/c1-31(2,34)16-21-13-24-26(17-32(6-4-7-32)42-29(24)37-18-21)36-19-27(39)25(38-28(40)5-9-41-3)14-20-11-22(15-23(33)12-20)30-35-8-10-43-30/h8,10-13,15,18,25-27,36,39H,4-7,9,14,16-17,19H2,1-3H3,(H,38,40)/t25-,26-,27+/m0/s1. The van der Waals surface area contributed by atoms with Gasteiger partial charge in [-0.15, -0.1) is 11.3 Å². The van der Waals surface area contributed by atoms with E-state index in [-0.39, 0.29) is 50.0 Å². The Hall–Kier alpha value is -2.99. The van der Waals surface area contributed by atoms with Gasteiger partial charge in [0.1, 0.15) is 22.1 Å². The third kappa shape index (κ3) is 8.14. The molecule has 0 saturated heterocycles. The van der Waals surface area contributed by atoms with Crippen LogP contribution < -0.4 is 15.4 Å². The van der Waals surface area contributed by atoms with Crippen LogP contribution in [0.1, 0.15) is 68.7 Å². The fraction of sp³-hybridized carbons (Fsp3) is 0.531. The molecule has 0 bridgehead atoms.